The van der Waals surface area contributed by atoms with Gasteiger partial charge >= 0.3 is 5.69 Å². The fraction of sp³-hybridized carbons (Fsp3) is 0.200. The molecule has 0 fully saturated rings. The number of nitrogens with one attached hydrogen (secondary N) is 2. The van der Waals surface area contributed by atoms with Gasteiger partial charge in [0.15, 0.2) is 5.65 Å². The van der Waals surface area contributed by atoms with Crippen molar-refractivity contribution in [3.05, 3.63) is 62.8 Å². The Morgan fingerprint density at radius 2 is 2.04 bits per heavy atom. The third-order valence-electron chi connectivity index (χ3n) is 3.81. The Kier molecular flexibility index (Phi) is 4.44. The predicted molar refractivity (Wildman–Crippen MR) is 87.1 cm³/mol. The maximum Gasteiger partial charge on any atom is 0.333 e. The Hall–Kier alpha value is -3.27. The number of hydrogen-bond acceptors (Lipinski definition) is 5. The number of fused-ring (bicyclic) bond motifs is 1. The van der Waals surface area contributed by atoms with E-state index in [9.17, 15) is 18.8 Å². The van der Waals surface area contributed by atoms with Gasteiger partial charge in [0.1, 0.15) is 11.3 Å². The van der Waals surface area contributed by atoms with Gasteiger partial charge in [0, 0.05) is 18.5 Å². The van der Waals surface area contributed by atoms with E-state index in [4.69, 9.17) is 5.84 Å². The first-order chi connectivity index (χ1) is 12.0. The highest BCUT2D eigenvalue weighted by Crippen LogP contribution is 2.08. The van der Waals surface area contributed by atoms with E-state index in [1.165, 1.54) is 29.1 Å². The summed E-state index contributed by atoms with van der Waals surface area (Å²) in [6.07, 6.45) is 1.20. The summed E-state index contributed by atoms with van der Waals surface area (Å²) >= 11 is 0. The number of aryl methyl sites for hydroxylation is 1. The molecule has 0 atom stereocenters. The van der Waals surface area contributed by atoms with Gasteiger partial charge in [-0.05, 0) is 6.07 Å². The molecular formula is C15H15FN6O3. The van der Waals surface area contributed by atoms with Crippen molar-refractivity contribution in [2.45, 2.75) is 19.5 Å². The summed E-state index contributed by atoms with van der Waals surface area (Å²) in [4.78, 5) is 43.2. The molecule has 4 N–H and O–H groups in total. The molecule has 0 saturated carbocycles. The van der Waals surface area contributed by atoms with Crippen molar-refractivity contribution in [3.63, 3.8) is 0 Å². The first-order valence-corrected chi connectivity index (χ1v) is 7.42. The van der Waals surface area contributed by atoms with Crippen molar-refractivity contribution in [2.75, 3.05) is 0 Å². The minimum atomic E-state index is -0.683. The maximum atomic E-state index is 13.9. The normalized spacial score (nSPS) is 11.0. The number of nitrogens with zero attached hydrogens (tertiary/aromatic N) is 3. The van der Waals surface area contributed by atoms with Gasteiger partial charge in [-0.2, -0.15) is 0 Å². The number of amides is 1. The van der Waals surface area contributed by atoms with Crippen LogP contribution in [0.15, 0.2) is 40.2 Å². The van der Waals surface area contributed by atoms with E-state index in [-0.39, 0.29) is 36.2 Å². The number of imidazole rings is 1. The minimum absolute atomic E-state index is 0.0270. The summed E-state index contributed by atoms with van der Waals surface area (Å²) in [6, 6.07) is 5.87. The summed E-state index contributed by atoms with van der Waals surface area (Å²) in [5.74, 6) is 4.04. The number of aromatic amines is 1. The molecule has 1 aromatic carbocycles. The molecule has 0 unspecified atom stereocenters. The zero-order valence-electron chi connectivity index (χ0n) is 13.0. The molecule has 0 aliphatic rings. The summed E-state index contributed by atoms with van der Waals surface area (Å²) in [5, 5.41) is 0. The molecule has 0 radical (unpaired) electrons. The largest absolute Gasteiger partial charge is 0.339 e. The smallest absolute Gasteiger partial charge is 0.333 e. The van der Waals surface area contributed by atoms with Gasteiger partial charge in [-0.25, -0.2) is 20.0 Å². The van der Waals surface area contributed by atoms with Gasteiger partial charge in [-0.15, -0.1) is 0 Å². The fourth-order valence-corrected chi connectivity index (χ4v) is 2.53. The molecular weight excluding hydrogens is 331 g/mol. The number of nitrogens with two attached hydrogens (primary N) is 1. The molecule has 0 saturated heterocycles. The highest BCUT2D eigenvalue weighted by Gasteiger charge is 2.17. The van der Waals surface area contributed by atoms with E-state index in [0.29, 0.717) is 0 Å². The zero-order chi connectivity index (χ0) is 18.0. The van der Waals surface area contributed by atoms with Crippen LogP contribution in [0.5, 0.6) is 0 Å². The molecule has 130 valence electrons. The molecule has 9 nitrogen and oxygen atoms in total. The number of carbonyl (C=O) groups excluding carboxylic acids is 1. The standard InChI is InChI=1S/C15H15FN6O3/c16-10-4-2-1-3-9(10)7-22-14(24)12-13(19-8-18-12)21(15(22)25)6-5-11(23)20-17/h1-4,8H,5-7,17H2,(H,18,19)(H,20,23). The van der Waals surface area contributed by atoms with Crippen LogP contribution in [0.25, 0.3) is 11.2 Å². The van der Waals surface area contributed by atoms with Gasteiger partial charge in [0.25, 0.3) is 5.56 Å². The number of benzene rings is 1. The summed E-state index contributed by atoms with van der Waals surface area (Å²) in [5.41, 5.74) is 1.11. The average molecular weight is 346 g/mol. The van der Waals surface area contributed by atoms with Crippen LogP contribution >= 0.6 is 0 Å². The maximum absolute atomic E-state index is 13.9. The van der Waals surface area contributed by atoms with Crippen LogP contribution in [0.2, 0.25) is 0 Å². The molecule has 3 aromatic rings. The zero-order valence-corrected chi connectivity index (χ0v) is 13.0. The van der Waals surface area contributed by atoms with E-state index in [1.54, 1.807) is 6.07 Å². The van der Waals surface area contributed by atoms with Crippen molar-refractivity contribution < 1.29 is 9.18 Å². The summed E-state index contributed by atoms with van der Waals surface area (Å²) < 4.78 is 16.0. The van der Waals surface area contributed by atoms with Crippen LogP contribution in [-0.4, -0.2) is 25.0 Å². The number of rotatable bonds is 5. The van der Waals surface area contributed by atoms with Crippen LogP contribution in [0.4, 0.5) is 4.39 Å². The Morgan fingerprint density at radius 1 is 1.28 bits per heavy atom. The molecule has 2 aromatic heterocycles. The van der Waals surface area contributed by atoms with Crippen LogP contribution in [-0.2, 0) is 17.9 Å². The average Bonchev–Trinajstić information content (AvgIpc) is 3.09. The lowest BCUT2D eigenvalue weighted by molar-refractivity contribution is -0.121. The Balaban J connectivity index is 2.12. The lowest BCUT2D eigenvalue weighted by Crippen LogP contribution is -2.41. The Bertz CT molecular complexity index is 1050. The van der Waals surface area contributed by atoms with Crippen LogP contribution in [0.3, 0.4) is 0 Å². The number of aromatic nitrogens is 4. The highest BCUT2D eigenvalue weighted by atomic mass is 19.1. The third-order valence-corrected chi connectivity index (χ3v) is 3.81. The van der Waals surface area contributed by atoms with Gasteiger partial charge in [-0.1, -0.05) is 18.2 Å². The van der Waals surface area contributed by atoms with Crippen LogP contribution in [0.1, 0.15) is 12.0 Å². The topological polar surface area (TPSA) is 128 Å². The van der Waals surface area contributed by atoms with Crippen LogP contribution < -0.4 is 22.5 Å². The van der Waals surface area contributed by atoms with Crippen molar-refractivity contribution in [3.8, 4) is 0 Å². The lowest BCUT2D eigenvalue weighted by atomic mass is 10.2. The number of hydrogen-bond donors (Lipinski definition) is 3. The van der Waals surface area contributed by atoms with Gasteiger partial charge in [0.05, 0.1) is 12.9 Å². The highest BCUT2D eigenvalue weighted by molar-refractivity contribution is 5.75. The molecule has 0 bridgehead atoms. The van der Waals surface area contributed by atoms with E-state index in [2.05, 4.69) is 9.97 Å². The molecule has 0 aliphatic heterocycles. The summed E-state index contributed by atoms with van der Waals surface area (Å²) in [6.45, 7) is -0.261. The SMILES string of the molecule is NNC(=O)CCn1c(=O)n(Cc2ccccc2F)c(=O)c2[nH]cnc21. The first kappa shape index (κ1) is 16.6. The van der Waals surface area contributed by atoms with E-state index >= 15 is 0 Å². The molecule has 0 aliphatic carbocycles. The van der Waals surface area contributed by atoms with Crippen LogP contribution in [0, 0.1) is 5.82 Å². The van der Waals surface area contributed by atoms with Gasteiger partial charge in [-0.3, -0.25) is 24.1 Å². The number of carbonyl (C=O) groups is 1. The van der Waals surface area contributed by atoms with Crippen molar-refractivity contribution >= 4 is 17.1 Å². The predicted octanol–water partition coefficient (Wildman–Crippen LogP) is -0.546. The molecule has 25 heavy (non-hydrogen) atoms. The number of H-pyrrole nitrogens is 1. The quantitative estimate of drug-likeness (QED) is 0.325. The molecule has 1 amide bonds. The fourth-order valence-electron chi connectivity index (χ4n) is 2.53. The Labute approximate surface area is 139 Å². The molecule has 0 spiro atoms. The Morgan fingerprint density at radius 3 is 2.76 bits per heavy atom. The van der Waals surface area contributed by atoms with E-state index < -0.39 is 23.0 Å². The minimum Gasteiger partial charge on any atom is -0.339 e. The van der Waals surface area contributed by atoms with E-state index in [0.717, 1.165) is 4.57 Å². The lowest BCUT2D eigenvalue weighted by Gasteiger charge is -2.11. The monoisotopic (exact) mass is 346 g/mol. The van der Waals surface area contributed by atoms with Crippen molar-refractivity contribution in [1.82, 2.24) is 24.5 Å². The third kappa shape index (κ3) is 3.06. The van der Waals surface area contributed by atoms with Crippen molar-refractivity contribution in [1.29, 1.82) is 0 Å². The second-order valence-corrected chi connectivity index (χ2v) is 5.34. The van der Waals surface area contributed by atoms with Gasteiger partial charge < -0.3 is 4.98 Å². The van der Waals surface area contributed by atoms with Gasteiger partial charge in [0.2, 0.25) is 5.91 Å². The molecule has 2 heterocycles. The summed E-state index contributed by atoms with van der Waals surface area (Å²) in [7, 11) is 0. The van der Waals surface area contributed by atoms with E-state index in [1.807, 2.05) is 5.43 Å². The first-order valence-electron chi connectivity index (χ1n) is 7.42. The molecule has 3 rings (SSSR count). The van der Waals surface area contributed by atoms with Crippen molar-refractivity contribution in [2.24, 2.45) is 5.84 Å². The number of hydrazine groups is 1. The number of halogens is 1. The second-order valence-electron chi connectivity index (χ2n) is 5.34. The second kappa shape index (κ2) is 6.69. The molecule has 10 heteroatoms.